The molecule has 1 aliphatic heterocycles. The third kappa shape index (κ3) is 5.30. The number of nitrogens with one attached hydrogen (secondary N) is 1. The Kier molecular flexibility index (Phi) is 7.07. The Balaban J connectivity index is 1.60. The van der Waals surface area contributed by atoms with Gasteiger partial charge >= 0.3 is 5.97 Å². The zero-order valence-corrected chi connectivity index (χ0v) is 20.7. The first-order valence-electron chi connectivity index (χ1n) is 12.0. The number of carbonyl (C=O) groups excluding carboxylic acids is 2. The van der Waals surface area contributed by atoms with Crippen molar-refractivity contribution in [2.45, 2.75) is 46.0 Å². The summed E-state index contributed by atoms with van der Waals surface area (Å²) in [5.41, 5.74) is 2.49. The van der Waals surface area contributed by atoms with Gasteiger partial charge < -0.3 is 20.1 Å². The van der Waals surface area contributed by atoms with E-state index >= 15 is 0 Å². The molecule has 1 amide bonds. The maximum Gasteiger partial charge on any atom is 0.310 e. The molecule has 0 saturated carbocycles. The molecule has 3 aromatic rings. The summed E-state index contributed by atoms with van der Waals surface area (Å²) in [7, 11) is 0. The minimum atomic E-state index is -0.383. The second-order valence-corrected chi connectivity index (χ2v) is 9.67. The van der Waals surface area contributed by atoms with Crippen molar-refractivity contribution in [1.29, 1.82) is 0 Å². The molecule has 186 valence electrons. The normalized spacial score (nSPS) is 16.4. The summed E-state index contributed by atoms with van der Waals surface area (Å²) >= 11 is 0. The zero-order valence-electron chi connectivity index (χ0n) is 20.7. The van der Waals surface area contributed by atoms with E-state index in [4.69, 9.17) is 4.74 Å². The van der Waals surface area contributed by atoms with Gasteiger partial charge in [-0.05, 0) is 44.4 Å². The molecular weight excluding hydrogens is 446 g/mol. The summed E-state index contributed by atoms with van der Waals surface area (Å²) in [5.74, 6) is 0.520. The molecule has 1 saturated heterocycles. The number of hydrogen-bond donors (Lipinski definition) is 2. The van der Waals surface area contributed by atoms with E-state index in [0.29, 0.717) is 30.2 Å². The van der Waals surface area contributed by atoms with Crippen molar-refractivity contribution in [3.63, 3.8) is 0 Å². The fraction of sp³-hybridized carbons (Fsp3) is 0.462. The molecule has 9 nitrogen and oxygen atoms in total. The largest absolute Gasteiger partial charge is 0.466 e. The molecule has 0 aliphatic carbocycles. The Bertz CT molecular complexity index is 1220. The highest BCUT2D eigenvalue weighted by Gasteiger charge is 2.29. The van der Waals surface area contributed by atoms with Crippen LogP contribution in [0, 0.1) is 12.8 Å². The molecule has 3 heterocycles. The van der Waals surface area contributed by atoms with Gasteiger partial charge in [-0.1, -0.05) is 26.0 Å². The Labute approximate surface area is 205 Å². The van der Waals surface area contributed by atoms with Gasteiger partial charge in [-0.25, -0.2) is 4.98 Å². The average Bonchev–Trinajstić information content (AvgIpc) is 3.23. The topological polar surface area (TPSA) is 109 Å². The maximum atomic E-state index is 13.0. The molecule has 1 atom stereocenters. The Morgan fingerprint density at radius 1 is 1.23 bits per heavy atom. The fourth-order valence-electron chi connectivity index (χ4n) is 4.35. The van der Waals surface area contributed by atoms with Crippen LogP contribution in [0.2, 0.25) is 0 Å². The van der Waals surface area contributed by atoms with Crippen LogP contribution in [0.5, 0.6) is 0 Å². The van der Waals surface area contributed by atoms with Gasteiger partial charge in [-0.3, -0.25) is 9.59 Å². The monoisotopic (exact) mass is 479 g/mol. The molecule has 1 aromatic carbocycles. The van der Waals surface area contributed by atoms with E-state index in [1.54, 1.807) is 22.7 Å². The van der Waals surface area contributed by atoms with Crippen molar-refractivity contribution in [1.82, 2.24) is 14.6 Å². The molecule has 0 radical (unpaired) electrons. The van der Waals surface area contributed by atoms with E-state index in [-0.39, 0.29) is 29.8 Å². The lowest BCUT2D eigenvalue weighted by Gasteiger charge is -2.33. The number of esters is 1. The lowest BCUT2D eigenvalue weighted by Crippen LogP contribution is -2.40. The number of nitrogens with zero attached hydrogens (tertiary/aromatic N) is 4. The standard InChI is InChI=1S/C26H33N5O4/c1-5-35-25(34)19-7-6-12-30(15-19)23-14-21(27-22-13-17(2)29-31(22)23)28-24(33)18-8-10-20(11-9-18)26(3,4)16-32/h8-11,13-14,19,32H,5-7,12,15-16H2,1-4H3,(H,27,28,33). The number of anilines is 2. The fourth-order valence-corrected chi connectivity index (χ4v) is 4.35. The van der Waals surface area contributed by atoms with Gasteiger partial charge in [0, 0.05) is 36.2 Å². The number of aliphatic hydroxyl groups excluding tert-OH is 1. The number of aliphatic hydroxyl groups is 1. The summed E-state index contributed by atoms with van der Waals surface area (Å²) in [5, 5.41) is 17.1. The van der Waals surface area contributed by atoms with Crippen LogP contribution in [0.15, 0.2) is 36.4 Å². The van der Waals surface area contributed by atoms with Crippen molar-refractivity contribution in [3.05, 3.63) is 53.2 Å². The SMILES string of the molecule is CCOC(=O)C1CCCN(c2cc(NC(=O)c3ccc(C(C)(C)CO)cc3)nc3cc(C)nn23)C1. The van der Waals surface area contributed by atoms with Crippen molar-refractivity contribution < 1.29 is 19.4 Å². The molecule has 0 bridgehead atoms. The predicted molar refractivity (Wildman–Crippen MR) is 134 cm³/mol. The molecular formula is C26H33N5O4. The maximum absolute atomic E-state index is 13.0. The van der Waals surface area contributed by atoms with Crippen LogP contribution in [0.1, 0.15) is 55.2 Å². The molecule has 1 unspecified atom stereocenters. The van der Waals surface area contributed by atoms with Gasteiger partial charge in [0.15, 0.2) is 5.65 Å². The smallest absolute Gasteiger partial charge is 0.310 e. The third-order valence-electron chi connectivity index (χ3n) is 6.46. The van der Waals surface area contributed by atoms with E-state index in [1.807, 2.05) is 45.9 Å². The minimum absolute atomic E-state index is 0.0174. The summed E-state index contributed by atoms with van der Waals surface area (Å²) in [6, 6.07) is 10.9. The van der Waals surface area contributed by atoms with Gasteiger partial charge in [-0.2, -0.15) is 9.61 Å². The summed E-state index contributed by atoms with van der Waals surface area (Å²) in [4.78, 5) is 32.0. The van der Waals surface area contributed by atoms with Gasteiger partial charge in [-0.15, -0.1) is 0 Å². The van der Waals surface area contributed by atoms with Crippen LogP contribution in [-0.2, 0) is 14.9 Å². The van der Waals surface area contributed by atoms with E-state index in [0.717, 1.165) is 36.5 Å². The van der Waals surface area contributed by atoms with Crippen molar-refractivity contribution in [2.24, 2.45) is 5.92 Å². The van der Waals surface area contributed by atoms with E-state index < -0.39 is 0 Å². The highest BCUT2D eigenvalue weighted by atomic mass is 16.5. The lowest BCUT2D eigenvalue weighted by molar-refractivity contribution is -0.148. The predicted octanol–water partition coefficient (Wildman–Crippen LogP) is 3.34. The van der Waals surface area contributed by atoms with E-state index in [1.165, 1.54) is 0 Å². The molecule has 35 heavy (non-hydrogen) atoms. The molecule has 2 aromatic heterocycles. The molecule has 4 rings (SSSR count). The number of benzene rings is 1. The Morgan fingerprint density at radius 2 is 1.97 bits per heavy atom. The van der Waals surface area contributed by atoms with Gasteiger partial charge in [0.25, 0.3) is 5.91 Å². The number of piperidine rings is 1. The highest BCUT2D eigenvalue weighted by molar-refractivity contribution is 6.04. The number of amides is 1. The first-order valence-corrected chi connectivity index (χ1v) is 12.0. The molecule has 2 N–H and O–H groups in total. The molecule has 0 spiro atoms. The first kappa shape index (κ1) is 24.7. The van der Waals surface area contributed by atoms with Crippen LogP contribution < -0.4 is 10.2 Å². The van der Waals surface area contributed by atoms with Crippen molar-refractivity contribution in [3.8, 4) is 0 Å². The summed E-state index contributed by atoms with van der Waals surface area (Å²) < 4.78 is 7.00. The minimum Gasteiger partial charge on any atom is -0.466 e. The second-order valence-electron chi connectivity index (χ2n) is 9.67. The van der Waals surface area contributed by atoms with E-state index in [9.17, 15) is 14.7 Å². The van der Waals surface area contributed by atoms with Gasteiger partial charge in [0.05, 0.1) is 24.8 Å². The van der Waals surface area contributed by atoms with Crippen LogP contribution >= 0.6 is 0 Å². The van der Waals surface area contributed by atoms with Crippen molar-refractivity contribution in [2.75, 3.05) is 36.5 Å². The summed E-state index contributed by atoms with van der Waals surface area (Å²) in [6.45, 7) is 9.27. The highest BCUT2D eigenvalue weighted by Crippen LogP contribution is 2.27. The van der Waals surface area contributed by atoms with Crippen LogP contribution in [0.3, 0.4) is 0 Å². The lowest BCUT2D eigenvalue weighted by atomic mass is 9.85. The number of aromatic nitrogens is 3. The van der Waals surface area contributed by atoms with Crippen LogP contribution in [-0.4, -0.2) is 57.9 Å². The second kappa shape index (κ2) is 10.0. The number of rotatable bonds is 7. The van der Waals surface area contributed by atoms with Crippen LogP contribution in [0.25, 0.3) is 5.65 Å². The number of hydrogen-bond acceptors (Lipinski definition) is 7. The molecule has 9 heteroatoms. The Hall–Kier alpha value is -3.46. The van der Waals surface area contributed by atoms with Gasteiger partial charge in [0.2, 0.25) is 0 Å². The number of aryl methyl sites for hydroxylation is 1. The van der Waals surface area contributed by atoms with E-state index in [2.05, 4.69) is 20.3 Å². The van der Waals surface area contributed by atoms with Crippen LogP contribution in [0.4, 0.5) is 11.6 Å². The number of ether oxygens (including phenoxy) is 1. The average molecular weight is 480 g/mol. The first-order chi connectivity index (χ1) is 16.7. The summed E-state index contributed by atoms with van der Waals surface area (Å²) in [6.07, 6.45) is 1.64. The third-order valence-corrected chi connectivity index (χ3v) is 6.46. The van der Waals surface area contributed by atoms with Gasteiger partial charge in [0.1, 0.15) is 11.6 Å². The number of carbonyl (C=O) groups is 2. The zero-order chi connectivity index (χ0) is 25.2. The Morgan fingerprint density at radius 3 is 2.66 bits per heavy atom. The molecule has 1 aliphatic rings. The molecule has 1 fully saturated rings. The number of fused-ring (bicyclic) bond motifs is 1. The van der Waals surface area contributed by atoms with Crippen molar-refractivity contribution >= 4 is 29.2 Å². The quantitative estimate of drug-likeness (QED) is 0.500.